The number of nitrogens with zero attached hydrogens (tertiary/aromatic N) is 1. The third-order valence-corrected chi connectivity index (χ3v) is 4.03. The Hall–Kier alpha value is -3.00. The second-order valence-corrected chi connectivity index (χ2v) is 6.15. The molecular formula is C17H16ClN3O5. The van der Waals surface area contributed by atoms with E-state index in [-0.39, 0.29) is 13.0 Å². The summed E-state index contributed by atoms with van der Waals surface area (Å²) in [5.74, 6) is -0.446. The Morgan fingerprint density at radius 2 is 1.92 bits per heavy atom. The number of hydrazine groups is 1. The van der Waals surface area contributed by atoms with Gasteiger partial charge in [0.2, 0.25) is 5.91 Å². The molecule has 3 rings (SSSR count). The first kappa shape index (κ1) is 17.8. The topological polar surface area (TPSA) is 106 Å². The van der Waals surface area contributed by atoms with E-state index in [0.717, 1.165) is 0 Å². The van der Waals surface area contributed by atoms with Crippen LogP contribution >= 0.6 is 11.6 Å². The number of carbonyl (C=O) groups excluding carboxylic acids is 2. The largest absolute Gasteiger partial charge is 0.466 e. The van der Waals surface area contributed by atoms with Gasteiger partial charge < -0.3 is 8.83 Å². The summed E-state index contributed by atoms with van der Waals surface area (Å²) < 4.78 is 11.7. The fraction of sp³-hybridized carbons (Fsp3) is 0.235. The van der Waals surface area contributed by atoms with Crippen LogP contribution in [0, 0.1) is 13.8 Å². The number of nitrogens with one attached hydrogen (secondary N) is 2. The monoisotopic (exact) mass is 377 g/mol. The van der Waals surface area contributed by atoms with Gasteiger partial charge in [-0.3, -0.25) is 25.0 Å². The molecule has 3 aromatic rings. The van der Waals surface area contributed by atoms with Gasteiger partial charge in [0.1, 0.15) is 11.5 Å². The van der Waals surface area contributed by atoms with Crippen LogP contribution in [-0.2, 0) is 11.3 Å². The standard InChI is InChI=1S/C17H16ClN3O5/c1-9-7-12(10(2)25-9)16(23)20-19-15(22)5-6-21-13-4-3-11(18)8-14(13)26-17(21)24/h3-4,7-8H,5-6H2,1-2H3,(H,19,22)(H,20,23). The van der Waals surface area contributed by atoms with E-state index in [9.17, 15) is 14.4 Å². The number of hydrogen-bond donors (Lipinski definition) is 2. The molecular weight excluding hydrogens is 362 g/mol. The summed E-state index contributed by atoms with van der Waals surface area (Å²) in [6.07, 6.45) is -0.0269. The number of hydrogen-bond acceptors (Lipinski definition) is 5. The van der Waals surface area contributed by atoms with Gasteiger partial charge in [0, 0.05) is 24.1 Å². The number of halogens is 1. The summed E-state index contributed by atoms with van der Waals surface area (Å²) >= 11 is 5.86. The molecule has 2 N–H and O–H groups in total. The second-order valence-electron chi connectivity index (χ2n) is 5.71. The van der Waals surface area contributed by atoms with Crippen molar-refractivity contribution in [3.63, 3.8) is 0 Å². The Morgan fingerprint density at radius 3 is 2.62 bits per heavy atom. The van der Waals surface area contributed by atoms with Crippen LogP contribution in [0.25, 0.3) is 11.1 Å². The van der Waals surface area contributed by atoms with Crippen LogP contribution in [0.4, 0.5) is 0 Å². The van der Waals surface area contributed by atoms with Crippen LogP contribution in [-0.4, -0.2) is 16.4 Å². The van der Waals surface area contributed by atoms with Crippen LogP contribution < -0.4 is 16.6 Å². The van der Waals surface area contributed by atoms with Crippen molar-refractivity contribution in [2.24, 2.45) is 0 Å². The molecule has 0 aliphatic carbocycles. The van der Waals surface area contributed by atoms with E-state index in [1.807, 2.05) is 0 Å². The van der Waals surface area contributed by atoms with Crippen LogP contribution in [0.3, 0.4) is 0 Å². The maximum absolute atomic E-state index is 12.0. The van der Waals surface area contributed by atoms with Crippen molar-refractivity contribution in [3.05, 3.63) is 56.9 Å². The molecule has 0 atom stereocenters. The lowest BCUT2D eigenvalue weighted by Gasteiger charge is -2.07. The zero-order chi connectivity index (χ0) is 18.8. The molecule has 0 bridgehead atoms. The number of furan rings is 1. The molecule has 26 heavy (non-hydrogen) atoms. The van der Waals surface area contributed by atoms with Gasteiger partial charge >= 0.3 is 5.76 Å². The number of oxazole rings is 1. The predicted octanol–water partition coefficient (Wildman–Crippen LogP) is 2.31. The first-order chi connectivity index (χ1) is 12.3. The van der Waals surface area contributed by atoms with Gasteiger partial charge in [-0.15, -0.1) is 0 Å². The average molecular weight is 378 g/mol. The highest BCUT2D eigenvalue weighted by Gasteiger charge is 2.15. The van der Waals surface area contributed by atoms with Crippen LogP contribution in [0.1, 0.15) is 28.3 Å². The van der Waals surface area contributed by atoms with Crippen molar-refractivity contribution in [1.29, 1.82) is 0 Å². The van der Waals surface area contributed by atoms with Crippen molar-refractivity contribution >= 4 is 34.5 Å². The minimum absolute atomic E-state index is 0.0269. The molecule has 136 valence electrons. The van der Waals surface area contributed by atoms with E-state index in [4.69, 9.17) is 20.4 Å². The van der Waals surface area contributed by atoms with Crippen LogP contribution in [0.2, 0.25) is 5.02 Å². The lowest BCUT2D eigenvalue weighted by atomic mass is 10.2. The van der Waals surface area contributed by atoms with Gasteiger partial charge in [0.05, 0.1) is 11.1 Å². The number of benzene rings is 1. The molecule has 2 amide bonds. The summed E-state index contributed by atoms with van der Waals surface area (Å²) in [4.78, 5) is 35.9. The number of aryl methyl sites for hydroxylation is 3. The minimum Gasteiger partial charge on any atom is -0.466 e. The van der Waals surface area contributed by atoms with Gasteiger partial charge in [-0.1, -0.05) is 11.6 Å². The average Bonchev–Trinajstić information content (AvgIpc) is 3.08. The maximum Gasteiger partial charge on any atom is 0.419 e. The molecule has 0 aliphatic rings. The molecule has 8 nitrogen and oxygen atoms in total. The molecule has 0 saturated carbocycles. The first-order valence-corrected chi connectivity index (χ1v) is 8.18. The predicted molar refractivity (Wildman–Crippen MR) is 93.9 cm³/mol. The maximum atomic E-state index is 12.0. The third-order valence-electron chi connectivity index (χ3n) is 3.79. The van der Waals surface area contributed by atoms with E-state index in [1.165, 1.54) is 10.6 Å². The molecule has 0 fully saturated rings. The van der Waals surface area contributed by atoms with E-state index in [0.29, 0.717) is 33.2 Å². The summed E-state index contributed by atoms with van der Waals surface area (Å²) in [5, 5.41) is 0.448. The Balaban J connectivity index is 1.59. The van der Waals surface area contributed by atoms with E-state index in [2.05, 4.69) is 10.9 Å². The second kappa shape index (κ2) is 7.09. The van der Waals surface area contributed by atoms with Crippen molar-refractivity contribution in [2.45, 2.75) is 26.8 Å². The summed E-state index contributed by atoms with van der Waals surface area (Å²) in [6.45, 7) is 3.48. The van der Waals surface area contributed by atoms with Gasteiger partial charge in [0.15, 0.2) is 5.58 Å². The van der Waals surface area contributed by atoms with Gasteiger partial charge in [-0.25, -0.2) is 4.79 Å². The Morgan fingerprint density at radius 1 is 1.15 bits per heavy atom. The van der Waals surface area contributed by atoms with E-state index < -0.39 is 17.6 Å². The molecule has 0 aliphatic heterocycles. The smallest absolute Gasteiger partial charge is 0.419 e. The van der Waals surface area contributed by atoms with Gasteiger partial charge in [0.25, 0.3) is 5.91 Å². The minimum atomic E-state index is -0.580. The molecule has 2 aromatic heterocycles. The highest BCUT2D eigenvalue weighted by atomic mass is 35.5. The number of aromatic nitrogens is 1. The zero-order valence-electron chi connectivity index (χ0n) is 14.1. The normalized spacial score (nSPS) is 10.9. The Labute approximate surface area is 152 Å². The Bertz CT molecular complexity index is 1050. The molecule has 2 heterocycles. The van der Waals surface area contributed by atoms with E-state index in [1.54, 1.807) is 32.0 Å². The fourth-order valence-corrected chi connectivity index (χ4v) is 2.74. The molecule has 0 radical (unpaired) electrons. The van der Waals surface area contributed by atoms with Crippen molar-refractivity contribution in [1.82, 2.24) is 15.4 Å². The summed E-state index contributed by atoms with van der Waals surface area (Å²) in [7, 11) is 0. The summed E-state index contributed by atoms with van der Waals surface area (Å²) in [6, 6.07) is 6.39. The fourth-order valence-electron chi connectivity index (χ4n) is 2.58. The van der Waals surface area contributed by atoms with Gasteiger partial charge in [-0.2, -0.15) is 0 Å². The first-order valence-electron chi connectivity index (χ1n) is 7.80. The highest BCUT2D eigenvalue weighted by molar-refractivity contribution is 6.31. The lowest BCUT2D eigenvalue weighted by Crippen LogP contribution is -2.42. The highest BCUT2D eigenvalue weighted by Crippen LogP contribution is 2.18. The number of carbonyl (C=O) groups is 2. The van der Waals surface area contributed by atoms with Crippen molar-refractivity contribution < 1.29 is 18.4 Å². The third kappa shape index (κ3) is 3.65. The van der Waals surface area contributed by atoms with E-state index >= 15 is 0 Å². The zero-order valence-corrected chi connectivity index (χ0v) is 14.8. The summed E-state index contributed by atoms with van der Waals surface area (Å²) in [5.41, 5.74) is 5.86. The molecule has 0 spiro atoms. The molecule has 0 saturated heterocycles. The van der Waals surface area contributed by atoms with Crippen LogP contribution in [0.15, 0.2) is 37.9 Å². The Kier molecular flexibility index (Phi) is 4.85. The number of fused-ring (bicyclic) bond motifs is 1. The number of rotatable bonds is 4. The van der Waals surface area contributed by atoms with Crippen LogP contribution in [0.5, 0.6) is 0 Å². The lowest BCUT2D eigenvalue weighted by molar-refractivity contribution is -0.122. The van der Waals surface area contributed by atoms with Crippen molar-refractivity contribution in [2.75, 3.05) is 0 Å². The number of amides is 2. The van der Waals surface area contributed by atoms with Crippen molar-refractivity contribution in [3.8, 4) is 0 Å². The SMILES string of the molecule is Cc1cc(C(=O)NNC(=O)CCn2c(=O)oc3cc(Cl)ccc32)c(C)o1. The molecule has 1 aromatic carbocycles. The van der Waals surface area contributed by atoms with Gasteiger partial charge in [-0.05, 0) is 32.0 Å². The molecule has 0 unspecified atom stereocenters. The quantitative estimate of drug-likeness (QED) is 0.678. The molecule has 9 heteroatoms.